The Balaban J connectivity index is 1.73. The first-order chi connectivity index (χ1) is 10.2. The summed E-state index contributed by atoms with van der Waals surface area (Å²) in [6, 6.07) is 9.05. The van der Waals surface area contributed by atoms with Crippen LogP contribution in [0.15, 0.2) is 42.7 Å². The number of fused-ring (bicyclic) bond motifs is 1. The maximum Gasteiger partial charge on any atom is 0.253 e. The molecule has 0 aliphatic carbocycles. The van der Waals surface area contributed by atoms with Gasteiger partial charge < -0.3 is 14.8 Å². The number of hydrogen-bond donors (Lipinski definition) is 1. The fourth-order valence-corrected chi connectivity index (χ4v) is 2.19. The van der Waals surface area contributed by atoms with E-state index >= 15 is 0 Å². The van der Waals surface area contributed by atoms with Crippen LogP contribution < -0.4 is 14.8 Å². The van der Waals surface area contributed by atoms with E-state index in [0.29, 0.717) is 18.8 Å². The third-order valence-corrected chi connectivity index (χ3v) is 3.34. The Morgan fingerprint density at radius 1 is 1.24 bits per heavy atom. The van der Waals surface area contributed by atoms with E-state index in [1.54, 1.807) is 24.5 Å². The summed E-state index contributed by atoms with van der Waals surface area (Å²) >= 11 is 0. The monoisotopic (exact) mass is 284 g/mol. The van der Waals surface area contributed by atoms with Crippen LogP contribution in [-0.2, 0) is 0 Å². The number of ether oxygens (including phenoxy) is 2. The summed E-state index contributed by atoms with van der Waals surface area (Å²) in [7, 11) is 0. The fourth-order valence-electron chi connectivity index (χ4n) is 2.19. The molecule has 21 heavy (non-hydrogen) atoms. The molecule has 0 saturated carbocycles. The molecule has 3 rings (SSSR count). The van der Waals surface area contributed by atoms with Crippen LogP contribution in [0.25, 0.3) is 0 Å². The number of pyridine rings is 1. The highest BCUT2D eigenvalue weighted by Crippen LogP contribution is 2.32. The maximum atomic E-state index is 12.1. The van der Waals surface area contributed by atoms with E-state index in [9.17, 15) is 4.79 Å². The maximum absolute atomic E-state index is 12.1. The first-order valence-corrected chi connectivity index (χ1v) is 6.84. The molecule has 1 aromatic carbocycles. The van der Waals surface area contributed by atoms with Gasteiger partial charge in [0.05, 0.1) is 11.6 Å². The zero-order valence-corrected chi connectivity index (χ0v) is 11.7. The second-order valence-electron chi connectivity index (χ2n) is 4.84. The molecule has 5 nitrogen and oxygen atoms in total. The molecule has 1 N–H and O–H groups in total. The molecule has 0 spiro atoms. The lowest BCUT2D eigenvalue weighted by Crippen LogP contribution is -2.27. The van der Waals surface area contributed by atoms with Crippen LogP contribution in [0.2, 0.25) is 0 Å². The summed E-state index contributed by atoms with van der Waals surface area (Å²) in [5.41, 5.74) is 1.51. The fraction of sp³-hybridized carbons (Fsp3) is 0.250. The molecule has 0 fully saturated rings. The number of hydrogen-bond acceptors (Lipinski definition) is 4. The standard InChI is InChI=1S/C16H16N2O3/c1-11(18-16(19)13-3-2-6-17-10-13)12-4-5-14-15(9-12)21-8-7-20-14/h2-6,9-11H,7-8H2,1H3,(H,18,19). The minimum absolute atomic E-state index is 0.131. The molecule has 1 amide bonds. The smallest absolute Gasteiger partial charge is 0.253 e. The lowest BCUT2D eigenvalue weighted by molar-refractivity contribution is 0.0939. The minimum atomic E-state index is -0.148. The van der Waals surface area contributed by atoms with Gasteiger partial charge in [-0.2, -0.15) is 0 Å². The van der Waals surface area contributed by atoms with Crippen LogP contribution in [0.5, 0.6) is 11.5 Å². The van der Waals surface area contributed by atoms with Crippen molar-refractivity contribution >= 4 is 5.91 Å². The van der Waals surface area contributed by atoms with Gasteiger partial charge in [0.15, 0.2) is 11.5 Å². The second kappa shape index (κ2) is 5.83. The largest absolute Gasteiger partial charge is 0.486 e. The Kier molecular flexibility index (Phi) is 3.73. The molecule has 1 unspecified atom stereocenters. The zero-order chi connectivity index (χ0) is 14.7. The summed E-state index contributed by atoms with van der Waals surface area (Å²) in [4.78, 5) is 16.1. The van der Waals surface area contributed by atoms with Gasteiger partial charge in [0.2, 0.25) is 0 Å². The van der Waals surface area contributed by atoms with Gasteiger partial charge in [-0.3, -0.25) is 9.78 Å². The molecule has 1 aliphatic rings. The van der Waals surface area contributed by atoms with E-state index in [1.807, 2.05) is 25.1 Å². The van der Waals surface area contributed by atoms with E-state index in [4.69, 9.17) is 9.47 Å². The third-order valence-electron chi connectivity index (χ3n) is 3.34. The Bertz CT molecular complexity index is 643. The topological polar surface area (TPSA) is 60.5 Å². The Morgan fingerprint density at radius 3 is 2.81 bits per heavy atom. The van der Waals surface area contributed by atoms with Crippen LogP contribution in [0.4, 0.5) is 0 Å². The lowest BCUT2D eigenvalue weighted by Gasteiger charge is -2.21. The second-order valence-corrected chi connectivity index (χ2v) is 4.84. The molecular formula is C16H16N2O3. The first kappa shape index (κ1) is 13.4. The summed E-state index contributed by atoms with van der Waals surface area (Å²) in [6.45, 7) is 3.05. The first-order valence-electron chi connectivity index (χ1n) is 6.84. The molecule has 1 aromatic heterocycles. The number of benzene rings is 1. The molecule has 0 saturated heterocycles. The number of rotatable bonds is 3. The Morgan fingerprint density at radius 2 is 2.05 bits per heavy atom. The van der Waals surface area contributed by atoms with Gasteiger partial charge in [-0.1, -0.05) is 6.07 Å². The molecule has 2 aromatic rings. The SMILES string of the molecule is CC(NC(=O)c1cccnc1)c1ccc2c(c1)OCCO2. The normalized spacial score (nSPS) is 14.3. The van der Waals surface area contributed by atoms with Crippen molar-refractivity contribution in [2.24, 2.45) is 0 Å². The van der Waals surface area contributed by atoms with Crippen LogP contribution in [0.3, 0.4) is 0 Å². The summed E-state index contributed by atoms with van der Waals surface area (Å²) in [5.74, 6) is 1.32. The molecule has 108 valence electrons. The summed E-state index contributed by atoms with van der Waals surface area (Å²) < 4.78 is 11.0. The predicted octanol–water partition coefficient (Wildman–Crippen LogP) is 2.34. The van der Waals surface area contributed by atoms with Gasteiger partial charge in [0.1, 0.15) is 13.2 Å². The average Bonchev–Trinajstić information content (AvgIpc) is 2.55. The zero-order valence-electron chi connectivity index (χ0n) is 11.7. The van der Waals surface area contributed by atoms with E-state index in [2.05, 4.69) is 10.3 Å². The van der Waals surface area contributed by atoms with E-state index in [-0.39, 0.29) is 11.9 Å². The quantitative estimate of drug-likeness (QED) is 0.939. The van der Waals surface area contributed by atoms with Crippen molar-refractivity contribution in [1.82, 2.24) is 10.3 Å². The highest BCUT2D eigenvalue weighted by atomic mass is 16.6. The molecule has 1 aliphatic heterocycles. The highest BCUT2D eigenvalue weighted by molar-refractivity contribution is 5.94. The van der Waals surface area contributed by atoms with Crippen LogP contribution >= 0.6 is 0 Å². The van der Waals surface area contributed by atoms with Crippen LogP contribution in [0.1, 0.15) is 28.9 Å². The van der Waals surface area contributed by atoms with Crippen molar-refractivity contribution in [2.45, 2.75) is 13.0 Å². The van der Waals surface area contributed by atoms with Gasteiger partial charge >= 0.3 is 0 Å². The molecule has 0 radical (unpaired) electrons. The molecule has 1 atom stereocenters. The Hall–Kier alpha value is -2.56. The van der Waals surface area contributed by atoms with Crippen molar-refractivity contribution in [3.8, 4) is 11.5 Å². The average molecular weight is 284 g/mol. The summed E-state index contributed by atoms with van der Waals surface area (Å²) in [5, 5.41) is 2.94. The summed E-state index contributed by atoms with van der Waals surface area (Å²) in [6.07, 6.45) is 3.19. The number of nitrogens with one attached hydrogen (secondary N) is 1. The van der Waals surface area contributed by atoms with Crippen molar-refractivity contribution in [1.29, 1.82) is 0 Å². The van der Waals surface area contributed by atoms with Crippen molar-refractivity contribution < 1.29 is 14.3 Å². The number of amides is 1. The van der Waals surface area contributed by atoms with Gasteiger partial charge in [-0.15, -0.1) is 0 Å². The van der Waals surface area contributed by atoms with Crippen LogP contribution in [0, 0.1) is 0 Å². The van der Waals surface area contributed by atoms with Crippen molar-refractivity contribution in [3.63, 3.8) is 0 Å². The number of carbonyl (C=O) groups excluding carboxylic acids is 1. The van der Waals surface area contributed by atoms with E-state index < -0.39 is 0 Å². The molecule has 0 bridgehead atoms. The predicted molar refractivity (Wildman–Crippen MR) is 77.6 cm³/mol. The van der Waals surface area contributed by atoms with Gasteiger partial charge in [0, 0.05) is 12.4 Å². The minimum Gasteiger partial charge on any atom is -0.486 e. The van der Waals surface area contributed by atoms with Gasteiger partial charge in [-0.25, -0.2) is 0 Å². The van der Waals surface area contributed by atoms with Gasteiger partial charge in [0.25, 0.3) is 5.91 Å². The third kappa shape index (κ3) is 2.97. The highest BCUT2D eigenvalue weighted by Gasteiger charge is 2.16. The lowest BCUT2D eigenvalue weighted by atomic mass is 10.1. The number of carbonyl (C=O) groups is 1. The number of nitrogens with zero attached hydrogens (tertiary/aromatic N) is 1. The van der Waals surface area contributed by atoms with Crippen molar-refractivity contribution in [3.05, 3.63) is 53.9 Å². The van der Waals surface area contributed by atoms with Crippen molar-refractivity contribution in [2.75, 3.05) is 13.2 Å². The van der Waals surface area contributed by atoms with Crippen LogP contribution in [-0.4, -0.2) is 24.1 Å². The molecule has 5 heteroatoms. The van der Waals surface area contributed by atoms with E-state index in [1.165, 1.54) is 0 Å². The molecular weight excluding hydrogens is 268 g/mol. The Labute approximate surface area is 122 Å². The van der Waals surface area contributed by atoms with Gasteiger partial charge in [-0.05, 0) is 36.8 Å². The number of aromatic nitrogens is 1. The molecule has 2 heterocycles. The van der Waals surface area contributed by atoms with E-state index in [0.717, 1.165) is 17.1 Å².